The van der Waals surface area contributed by atoms with Gasteiger partial charge in [0.05, 0.1) is 17.7 Å². The van der Waals surface area contributed by atoms with Crippen molar-refractivity contribution in [2.45, 2.75) is 18.3 Å². The molecule has 98 valence electrons. The Balaban J connectivity index is 1.75. The van der Waals surface area contributed by atoms with Gasteiger partial charge in [-0.2, -0.15) is 5.26 Å². The van der Waals surface area contributed by atoms with E-state index in [-0.39, 0.29) is 11.3 Å². The minimum atomic E-state index is -0.320. The number of nitrogens with zero attached hydrogens (tertiary/aromatic N) is 3. The average Bonchev–Trinajstić information content (AvgIpc) is 3.30. The summed E-state index contributed by atoms with van der Waals surface area (Å²) < 4.78 is 0. The van der Waals surface area contributed by atoms with Crippen molar-refractivity contribution in [2.24, 2.45) is 0 Å². The van der Waals surface area contributed by atoms with E-state index < -0.39 is 0 Å². The summed E-state index contributed by atoms with van der Waals surface area (Å²) in [4.78, 5) is 19.9. The second-order valence-corrected chi connectivity index (χ2v) is 4.82. The van der Waals surface area contributed by atoms with Crippen LogP contribution in [0.15, 0.2) is 42.9 Å². The fraction of sp³-hybridized carbons (Fsp3) is 0.200. The molecule has 3 rings (SSSR count). The fourth-order valence-corrected chi connectivity index (χ4v) is 2.08. The standard InChI is InChI=1S/C15H12N4O/c16-10-15(5-6-15)12-3-1-11(2-4-12)14(20)19-13-9-17-7-8-18-13/h1-4,7-9H,5-6H2,(H,18,19,20). The molecular formula is C15H12N4O. The Morgan fingerprint density at radius 1 is 1.25 bits per heavy atom. The lowest BCUT2D eigenvalue weighted by Gasteiger charge is -2.07. The van der Waals surface area contributed by atoms with Gasteiger partial charge in [-0.15, -0.1) is 0 Å². The highest BCUT2D eigenvalue weighted by Gasteiger charge is 2.44. The first-order valence-corrected chi connectivity index (χ1v) is 6.33. The maximum absolute atomic E-state index is 12.0. The van der Waals surface area contributed by atoms with Gasteiger partial charge in [0.1, 0.15) is 0 Å². The molecule has 1 heterocycles. The summed E-state index contributed by atoms with van der Waals surface area (Å²) in [6.07, 6.45) is 6.34. The molecule has 0 saturated heterocycles. The first-order valence-electron chi connectivity index (χ1n) is 6.33. The van der Waals surface area contributed by atoms with Gasteiger partial charge < -0.3 is 5.32 Å². The molecule has 1 fully saturated rings. The minimum absolute atomic E-state index is 0.237. The molecule has 5 nitrogen and oxygen atoms in total. The van der Waals surface area contributed by atoms with E-state index in [2.05, 4.69) is 21.4 Å². The van der Waals surface area contributed by atoms with Crippen LogP contribution in [0.2, 0.25) is 0 Å². The molecule has 0 aliphatic heterocycles. The van der Waals surface area contributed by atoms with Gasteiger partial charge in [0.25, 0.3) is 5.91 Å². The summed E-state index contributed by atoms with van der Waals surface area (Å²) in [5, 5.41) is 11.8. The summed E-state index contributed by atoms with van der Waals surface area (Å²) in [6.45, 7) is 0. The lowest BCUT2D eigenvalue weighted by molar-refractivity contribution is 0.102. The van der Waals surface area contributed by atoms with Crippen LogP contribution in [0.5, 0.6) is 0 Å². The number of rotatable bonds is 3. The molecule has 0 radical (unpaired) electrons. The molecule has 1 amide bonds. The SMILES string of the molecule is N#CC1(c2ccc(C(=O)Nc3cnccn3)cc2)CC1. The number of amides is 1. The minimum Gasteiger partial charge on any atom is -0.305 e. The number of hydrogen-bond donors (Lipinski definition) is 1. The number of hydrogen-bond acceptors (Lipinski definition) is 4. The third kappa shape index (κ3) is 2.24. The van der Waals surface area contributed by atoms with Crippen molar-refractivity contribution < 1.29 is 4.79 Å². The van der Waals surface area contributed by atoms with Gasteiger partial charge in [0, 0.05) is 18.0 Å². The van der Waals surface area contributed by atoms with Gasteiger partial charge in [-0.05, 0) is 30.5 Å². The summed E-state index contributed by atoms with van der Waals surface area (Å²) in [7, 11) is 0. The van der Waals surface area contributed by atoms with Gasteiger partial charge in [0.15, 0.2) is 5.82 Å². The van der Waals surface area contributed by atoms with Crippen molar-refractivity contribution >= 4 is 11.7 Å². The Morgan fingerprint density at radius 3 is 2.55 bits per heavy atom. The molecule has 0 spiro atoms. The zero-order valence-corrected chi connectivity index (χ0v) is 10.7. The van der Waals surface area contributed by atoms with Crippen molar-refractivity contribution in [3.05, 3.63) is 54.0 Å². The molecule has 20 heavy (non-hydrogen) atoms. The zero-order valence-electron chi connectivity index (χ0n) is 10.7. The predicted octanol–water partition coefficient (Wildman–Crippen LogP) is 2.28. The zero-order chi connectivity index (χ0) is 14.0. The van der Waals surface area contributed by atoms with Crippen LogP contribution in [-0.2, 0) is 5.41 Å². The highest BCUT2D eigenvalue weighted by atomic mass is 16.1. The largest absolute Gasteiger partial charge is 0.305 e. The maximum atomic E-state index is 12.0. The maximum Gasteiger partial charge on any atom is 0.256 e. The quantitative estimate of drug-likeness (QED) is 0.922. The Labute approximate surface area is 116 Å². The second kappa shape index (κ2) is 4.74. The Morgan fingerprint density at radius 2 is 2.00 bits per heavy atom. The normalized spacial score (nSPS) is 15.2. The van der Waals surface area contributed by atoms with Crippen LogP contribution in [0.25, 0.3) is 0 Å². The molecule has 0 unspecified atom stereocenters. The lowest BCUT2D eigenvalue weighted by Crippen LogP contribution is -2.13. The van der Waals surface area contributed by atoms with Crippen molar-refractivity contribution in [3.8, 4) is 6.07 Å². The van der Waals surface area contributed by atoms with Crippen LogP contribution in [0.1, 0.15) is 28.8 Å². The van der Waals surface area contributed by atoms with Crippen molar-refractivity contribution in [1.29, 1.82) is 5.26 Å². The highest BCUT2D eigenvalue weighted by molar-refractivity contribution is 6.03. The average molecular weight is 264 g/mol. The summed E-state index contributed by atoms with van der Waals surface area (Å²) in [5.74, 6) is 0.177. The molecule has 1 aliphatic carbocycles. The van der Waals surface area contributed by atoms with Gasteiger partial charge in [-0.3, -0.25) is 9.78 Å². The van der Waals surface area contributed by atoms with Crippen LogP contribution in [0, 0.1) is 11.3 Å². The molecule has 0 bridgehead atoms. The molecular weight excluding hydrogens is 252 g/mol. The predicted molar refractivity (Wildman–Crippen MR) is 73.0 cm³/mol. The van der Waals surface area contributed by atoms with Crippen LogP contribution in [-0.4, -0.2) is 15.9 Å². The van der Waals surface area contributed by atoms with Crippen molar-refractivity contribution in [2.75, 3.05) is 5.32 Å². The van der Waals surface area contributed by atoms with Gasteiger partial charge in [0.2, 0.25) is 0 Å². The van der Waals surface area contributed by atoms with Crippen LogP contribution >= 0.6 is 0 Å². The third-order valence-corrected chi connectivity index (χ3v) is 3.47. The van der Waals surface area contributed by atoms with Crippen molar-refractivity contribution in [3.63, 3.8) is 0 Å². The number of nitrogens with one attached hydrogen (secondary N) is 1. The van der Waals surface area contributed by atoms with E-state index in [1.54, 1.807) is 18.3 Å². The molecule has 1 aromatic heterocycles. The van der Waals surface area contributed by atoms with Crippen molar-refractivity contribution in [1.82, 2.24) is 9.97 Å². The molecule has 1 aromatic carbocycles. The lowest BCUT2D eigenvalue weighted by atomic mass is 9.96. The van der Waals surface area contributed by atoms with Gasteiger partial charge in [-0.1, -0.05) is 12.1 Å². The van der Waals surface area contributed by atoms with E-state index in [1.165, 1.54) is 12.4 Å². The fourth-order valence-electron chi connectivity index (χ4n) is 2.08. The molecule has 1 saturated carbocycles. The third-order valence-electron chi connectivity index (χ3n) is 3.47. The Kier molecular flexibility index (Phi) is 2.92. The number of aromatic nitrogens is 2. The van der Waals surface area contributed by atoms with Crippen LogP contribution in [0.4, 0.5) is 5.82 Å². The van der Waals surface area contributed by atoms with Crippen LogP contribution in [0.3, 0.4) is 0 Å². The summed E-state index contributed by atoms with van der Waals surface area (Å²) in [5.41, 5.74) is 1.20. The Bertz CT molecular complexity index is 669. The first-order chi connectivity index (χ1) is 9.73. The smallest absolute Gasteiger partial charge is 0.256 e. The number of nitriles is 1. The number of carbonyl (C=O) groups is 1. The molecule has 0 atom stereocenters. The topological polar surface area (TPSA) is 78.7 Å². The number of benzene rings is 1. The van der Waals surface area contributed by atoms with E-state index >= 15 is 0 Å². The molecule has 2 aromatic rings. The summed E-state index contributed by atoms with van der Waals surface area (Å²) >= 11 is 0. The molecule has 1 aliphatic rings. The first kappa shape index (κ1) is 12.3. The van der Waals surface area contributed by atoms with Gasteiger partial charge >= 0.3 is 0 Å². The highest BCUT2D eigenvalue weighted by Crippen LogP contribution is 2.47. The van der Waals surface area contributed by atoms with E-state index in [0.29, 0.717) is 11.4 Å². The molecule has 5 heteroatoms. The van der Waals surface area contributed by atoms with E-state index in [0.717, 1.165) is 18.4 Å². The van der Waals surface area contributed by atoms with E-state index in [1.807, 2.05) is 12.1 Å². The summed E-state index contributed by atoms with van der Waals surface area (Å²) in [6, 6.07) is 9.51. The van der Waals surface area contributed by atoms with Crippen LogP contribution < -0.4 is 5.32 Å². The van der Waals surface area contributed by atoms with Gasteiger partial charge in [-0.25, -0.2) is 4.98 Å². The number of anilines is 1. The Hall–Kier alpha value is -2.74. The monoisotopic (exact) mass is 264 g/mol. The van der Waals surface area contributed by atoms with E-state index in [9.17, 15) is 4.79 Å². The second-order valence-electron chi connectivity index (χ2n) is 4.82. The molecule has 1 N–H and O–H groups in total. The number of carbonyl (C=O) groups excluding carboxylic acids is 1. The van der Waals surface area contributed by atoms with E-state index in [4.69, 9.17) is 5.26 Å².